The number of fused-ring (bicyclic) bond motifs is 2. The van der Waals surface area contributed by atoms with E-state index in [2.05, 4.69) is 27.7 Å². The van der Waals surface area contributed by atoms with E-state index in [1.54, 1.807) is 78.7 Å². The summed E-state index contributed by atoms with van der Waals surface area (Å²) in [5, 5.41) is 10.5. The largest absolute Gasteiger partial charge is 0.486 e. The Kier molecular flexibility index (Phi) is 24.8. The molecule has 1 heterocycles. The van der Waals surface area contributed by atoms with Crippen molar-refractivity contribution < 1.29 is 84.3 Å². The van der Waals surface area contributed by atoms with Gasteiger partial charge in [-0.1, -0.05) is 27.7 Å². The van der Waals surface area contributed by atoms with Gasteiger partial charge in [0.2, 0.25) is 11.0 Å². The third-order valence-corrected chi connectivity index (χ3v) is 12.7. The Morgan fingerprint density at radius 2 is 0.972 bits per heavy atom. The monoisotopic (exact) mass is 1020 g/mol. The number of hydrogen-bond donors (Lipinski definition) is 2. The van der Waals surface area contributed by atoms with Crippen LogP contribution in [0.5, 0.6) is 17.2 Å². The summed E-state index contributed by atoms with van der Waals surface area (Å²) in [6, 6.07) is 13.3. The van der Waals surface area contributed by atoms with Crippen molar-refractivity contribution in [3.63, 3.8) is 0 Å². The second-order valence-electron chi connectivity index (χ2n) is 17.4. The van der Waals surface area contributed by atoms with E-state index in [-0.39, 0.29) is 94.9 Å². The number of esters is 1. The highest BCUT2D eigenvalue weighted by Gasteiger charge is 2.30. The molecule has 0 fully saturated rings. The molecular weight excluding hydrogens is 943 g/mol. The average molecular weight is 1020 g/mol. The summed E-state index contributed by atoms with van der Waals surface area (Å²) in [7, 11) is 1.93. The smallest absolute Gasteiger partial charge is 0.345 e. The minimum Gasteiger partial charge on any atom is -0.486 e. The first kappa shape index (κ1) is 59.0. The number of aromatic carboxylic acids is 1. The van der Waals surface area contributed by atoms with Crippen LogP contribution in [0.4, 0.5) is 0 Å². The Labute approximate surface area is 418 Å². The topological polar surface area (TPSA) is 214 Å². The van der Waals surface area contributed by atoms with E-state index in [0.717, 1.165) is 25.7 Å². The lowest BCUT2D eigenvalue weighted by Gasteiger charge is -2.25. The first-order valence-electron chi connectivity index (χ1n) is 24.2. The zero-order valence-electron chi connectivity index (χ0n) is 43.1. The molecule has 19 heteroatoms. The molecule has 396 valence electrons. The van der Waals surface area contributed by atoms with Gasteiger partial charge in [-0.3, -0.25) is 4.55 Å². The normalized spacial score (nSPS) is 12.2. The van der Waals surface area contributed by atoms with Gasteiger partial charge in [0, 0.05) is 47.0 Å². The Bertz CT molecular complexity index is 2330. The van der Waals surface area contributed by atoms with Gasteiger partial charge in [-0.15, -0.1) is 0 Å². The minimum atomic E-state index is -4.33. The number of carbonyl (C=O) groups excluding carboxylic acids is 1. The molecule has 0 spiro atoms. The van der Waals surface area contributed by atoms with Gasteiger partial charge in [0.25, 0.3) is 10.1 Å². The summed E-state index contributed by atoms with van der Waals surface area (Å²) in [4.78, 5) is 27.1. The highest BCUT2D eigenvalue weighted by molar-refractivity contribution is 7.85. The number of carboxylic acids is 1. The Hall–Kier alpha value is -4.54. The molecule has 0 aliphatic rings. The maximum Gasteiger partial charge on any atom is 0.345 e. The molecule has 0 radical (unpaired) electrons. The molecule has 0 amide bonds. The molecule has 71 heavy (non-hydrogen) atoms. The Morgan fingerprint density at radius 1 is 0.577 bits per heavy atom. The minimum absolute atomic E-state index is 0.0141. The maximum absolute atomic E-state index is 15.1. The fourth-order valence-electron chi connectivity index (χ4n) is 8.24. The molecule has 0 unspecified atom stereocenters. The number of pyridine rings is 1. The fourth-order valence-corrected chi connectivity index (χ4v) is 8.73. The summed E-state index contributed by atoms with van der Waals surface area (Å²) in [5.74, 6) is -1.52. The predicted molar refractivity (Wildman–Crippen MR) is 267 cm³/mol. The Morgan fingerprint density at radius 3 is 1.32 bits per heavy atom. The summed E-state index contributed by atoms with van der Waals surface area (Å²) < 4.78 is 102. The second-order valence-corrected chi connectivity index (χ2v) is 19.0. The van der Waals surface area contributed by atoms with Crippen molar-refractivity contribution in [2.45, 2.75) is 117 Å². The van der Waals surface area contributed by atoms with Crippen molar-refractivity contribution in [2.75, 3.05) is 87.0 Å². The van der Waals surface area contributed by atoms with E-state index in [1.807, 2.05) is 4.57 Å². The van der Waals surface area contributed by atoms with E-state index in [4.69, 9.17) is 52.1 Å². The molecule has 0 atom stereocenters. The van der Waals surface area contributed by atoms with Gasteiger partial charge in [0.15, 0.2) is 6.54 Å². The number of nitrogens with zero attached hydrogens (tertiary/aromatic N) is 1. The molecule has 4 rings (SSSR count). The van der Waals surface area contributed by atoms with E-state index in [9.17, 15) is 22.9 Å². The van der Waals surface area contributed by atoms with E-state index >= 15 is 4.79 Å². The van der Waals surface area contributed by atoms with Crippen molar-refractivity contribution in [3.05, 3.63) is 70.8 Å². The molecule has 4 aromatic rings. The number of ether oxygens (including phenoxy) is 11. The molecule has 2 N–H and O–H groups in total. The van der Waals surface area contributed by atoms with Crippen LogP contribution in [0.2, 0.25) is 0 Å². The van der Waals surface area contributed by atoms with Crippen LogP contribution >= 0.6 is 0 Å². The predicted octanol–water partition coefficient (Wildman–Crippen LogP) is 7.35. The van der Waals surface area contributed by atoms with Crippen LogP contribution in [-0.4, -0.2) is 154 Å². The third-order valence-electron chi connectivity index (χ3n) is 11.9. The summed E-state index contributed by atoms with van der Waals surface area (Å²) in [5.41, 5.74) is 2.04. The lowest BCUT2D eigenvalue weighted by atomic mass is 10.0. The number of carboxylic acid groups (broad SMARTS) is 1. The molecule has 0 saturated carbocycles. The van der Waals surface area contributed by atoms with Crippen molar-refractivity contribution in [2.24, 2.45) is 0 Å². The number of hydrogen-bond acceptors (Lipinski definition) is 15. The van der Waals surface area contributed by atoms with Gasteiger partial charge >= 0.3 is 11.9 Å². The zero-order valence-corrected chi connectivity index (χ0v) is 43.9. The molecule has 18 nitrogen and oxygen atoms in total. The molecule has 0 saturated heterocycles. The molecule has 0 aliphatic heterocycles. The van der Waals surface area contributed by atoms with E-state index in [0.29, 0.717) is 44.4 Å². The van der Waals surface area contributed by atoms with E-state index < -0.39 is 52.2 Å². The van der Waals surface area contributed by atoms with Crippen molar-refractivity contribution in [3.8, 4) is 17.2 Å². The Balaban J connectivity index is 1.99. The number of rotatable bonds is 35. The van der Waals surface area contributed by atoms with Crippen LogP contribution < -0.4 is 18.8 Å². The van der Waals surface area contributed by atoms with E-state index in [1.165, 1.54) is 12.1 Å². The molecule has 0 bridgehead atoms. The van der Waals surface area contributed by atoms with Gasteiger partial charge in [-0.2, -0.15) is 13.0 Å². The first-order chi connectivity index (χ1) is 34.0. The van der Waals surface area contributed by atoms with Crippen molar-refractivity contribution >= 4 is 43.9 Å². The van der Waals surface area contributed by atoms with Gasteiger partial charge in [0.05, 0.1) is 92.7 Å². The van der Waals surface area contributed by atoms with Gasteiger partial charge in [-0.25, -0.2) is 9.59 Å². The number of aromatic nitrogens is 1. The first-order valence-corrected chi connectivity index (χ1v) is 25.8. The zero-order chi connectivity index (χ0) is 52.1. The highest BCUT2D eigenvalue weighted by atomic mass is 32.2. The average Bonchev–Trinajstić information content (AvgIpc) is 3.33. The number of benzene rings is 3. The standard InChI is InChI=1S/C52H75NO17S/c1-11-37(12-2)64-30-43(31-65-38(13-3)14-4)68-39-16-18-47-45(24-39)49(52(56)70-50-34(5)22-36(51(54)55)23-35(50)6)46-25-40(17-19-48(46)53(47)20-15-21-71(57,58)59)69-44(32-66-41(26-60-7)27-61-8)33-67-42(28-62-9)29-63-10/h16-19,22-25,37-38,41-44H,11-15,20-21,26-33H2,1-10H3,(H-,54,55,57,58,59)/p+1. The summed E-state index contributed by atoms with van der Waals surface area (Å²) >= 11 is 0. The molecular formula is C52H76NO17S+. The quantitative estimate of drug-likeness (QED) is 0.0151. The lowest BCUT2D eigenvalue weighted by Crippen LogP contribution is -2.38. The molecule has 0 aliphatic carbocycles. The van der Waals surface area contributed by atoms with Gasteiger partial charge < -0.3 is 57.2 Å². The number of carbonyl (C=O) groups is 2. The fraction of sp³-hybridized carbons (Fsp3) is 0.596. The molecule has 3 aromatic carbocycles. The molecule has 1 aromatic heterocycles. The third kappa shape index (κ3) is 18.2. The highest BCUT2D eigenvalue weighted by Crippen LogP contribution is 2.34. The van der Waals surface area contributed by atoms with Crippen LogP contribution in [0.15, 0.2) is 48.5 Å². The van der Waals surface area contributed by atoms with Gasteiger partial charge in [0.1, 0.15) is 41.7 Å². The van der Waals surface area contributed by atoms with Crippen LogP contribution in [0.3, 0.4) is 0 Å². The van der Waals surface area contributed by atoms with Crippen molar-refractivity contribution in [1.29, 1.82) is 0 Å². The van der Waals surface area contributed by atoms with Crippen LogP contribution in [0, 0.1) is 13.8 Å². The van der Waals surface area contributed by atoms with Gasteiger partial charge in [-0.05, 0) is 87.1 Å². The number of aryl methyl sites for hydroxylation is 3. The van der Waals surface area contributed by atoms with Crippen LogP contribution in [-0.2, 0) is 54.6 Å². The van der Waals surface area contributed by atoms with Crippen LogP contribution in [0.25, 0.3) is 21.8 Å². The van der Waals surface area contributed by atoms with Crippen LogP contribution in [0.1, 0.15) is 91.6 Å². The van der Waals surface area contributed by atoms with Crippen molar-refractivity contribution in [1.82, 2.24) is 0 Å². The second kappa shape index (κ2) is 29.8. The summed E-state index contributed by atoms with van der Waals surface area (Å²) in [6.45, 7) is 13.3. The summed E-state index contributed by atoms with van der Waals surface area (Å²) in [6.07, 6.45) is 1.20. The maximum atomic E-state index is 15.1. The SMILES string of the molecule is CCC(CC)OCC(COC(CC)CC)Oc1ccc2c(c1)c(C(=O)Oc1c(C)cc(C(=O)O)cc1C)c1cc(OC(COC(COC)COC)COC(COC)COC)ccc1[n+]2CCCS(=O)(=O)O. The lowest BCUT2D eigenvalue weighted by molar-refractivity contribution is -0.645. The number of methoxy groups -OCH3 is 4.